The molecule has 0 spiro atoms. The van der Waals surface area contributed by atoms with Gasteiger partial charge in [-0.05, 0) is 12.5 Å². The van der Waals surface area contributed by atoms with E-state index in [-0.39, 0.29) is 5.91 Å². The highest BCUT2D eigenvalue weighted by molar-refractivity contribution is 5.98. The molecule has 1 N–H and O–H groups in total. The van der Waals surface area contributed by atoms with Crippen LogP contribution in [-0.4, -0.2) is 60.2 Å². The van der Waals surface area contributed by atoms with E-state index >= 15 is 0 Å². The first-order valence-corrected chi connectivity index (χ1v) is 7.15. The zero-order chi connectivity index (χ0) is 13.9. The third-order valence-electron chi connectivity index (χ3n) is 4.00. The van der Waals surface area contributed by atoms with Crippen molar-refractivity contribution < 1.29 is 14.6 Å². The number of amides is 1. The van der Waals surface area contributed by atoms with Crippen molar-refractivity contribution in [2.45, 2.75) is 12.6 Å². The van der Waals surface area contributed by atoms with Crippen molar-refractivity contribution in [1.82, 2.24) is 9.80 Å². The molecule has 1 aromatic carbocycles. The molecule has 108 valence electrons. The molecule has 1 saturated heterocycles. The van der Waals surface area contributed by atoms with Gasteiger partial charge in [0.15, 0.2) is 6.23 Å². The van der Waals surface area contributed by atoms with E-state index in [2.05, 4.69) is 4.90 Å². The number of nitrogens with zero attached hydrogens (tertiary/aromatic N) is 2. The molecule has 3 rings (SSSR count). The van der Waals surface area contributed by atoms with Crippen LogP contribution in [0.25, 0.3) is 0 Å². The first-order valence-electron chi connectivity index (χ1n) is 7.15. The monoisotopic (exact) mass is 276 g/mol. The highest BCUT2D eigenvalue weighted by Crippen LogP contribution is 2.31. The van der Waals surface area contributed by atoms with Crippen molar-refractivity contribution in [2.75, 3.05) is 39.4 Å². The average Bonchev–Trinajstić information content (AvgIpc) is 2.74. The standard InChI is InChI=1S/C15H20N2O3/c18-14-12-4-1-2-5-13(12)15(19)17(14)7-3-6-16-8-10-20-11-9-16/h1-2,4-5,14,18H,3,6-11H2. The van der Waals surface area contributed by atoms with E-state index < -0.39 is 6.23 Å². The smallest absolute Gasteiger partial charge is 0.256 e. The molecular formula is C15H20N2O3. The minimum Gasteiger partial charge on any atom is -0.379 e. The number of hydrogen-bond acceptors (Lipinski definition) is 4. The second-order valence-electron chi connectivity index (χ2n) is 5.27. The van der Waals surface area contributed by atoms with Crippen LogP contribution in [0.1, 0.15) is 28.6 Å². The maximum atomic E-state index is 12.2. The van der Waals surface area contributed by atoms with Gasteiger partial charge in [0.1, 0.15) is 0 Å². The van der Waals surface area contributed by atoms with Crippen LogP contribution in [0, 0.1) is 0 Å². The number of carbonyl (C=O) groups excluding carboxylic acids is 1. The summed E-state index contributed by atoms with van der Waals surface area (Å²) >= 11 is 0. The van der Waals surface area contributed by atoms with Crippen molar-refractivity contribution in [1.29, 1.82) is 0 Å². The summed E-state index contributed by atoms with van der Waals surface area (Å²) in [5.41, 5.74) is 1.36. The molecule has 20 heavy (non-hydrogen) atoms. The van der Waals surface area contributed by atoms with Gasteiger partial charge in [0.2, 0.25) is 0 Å². The Bertz CT molecular complexity index is 486. The summed E-state index contributed by atoms with van der Waals surface area (Å²) in [5.74, 6) is -0.0601. The second kappa shape index (κ2) is 5.91. The van der Waals surface area contributed by atoms with E-state index in [1.165, 1.54) is 0 Å². The van der Waals surface area contributed by atoms with Crippen molar-refractivity contribution in [3.05, 3.63) is 35.4 Å². The van der Waals surface area contributed by atoms with Gasteiger partial charge in [-0.15, -0.1) is 0 Å². The molecule has 1 atom stereocenters. The van der Waals surface area contributed by atoms with Crippen LogP contribution in [0.15, 0.2) is 24.3 Å². The summed E-state index contributed by atoms with van der Waals surface area (Å²) < 4.78 is 5.31. The predicted molar refractivity (Wildman–Crippen MR) is 74.3 cm³/mol. The molecule has 0 aromatic heterocycles. The third-order valence-corrected chi connectivity index (χ3v) is 4.00. The van der Waals surface area contributed by atoms with Crippen LogP contribution in [-0.2, 0) is 4.74 Å². The topological polar surface area (TPSA) is 53.0 Å². The van der Waals surface area contributed by atoms with Crippen molar-refractivity contribution in [3.63, 3.8) is 0 Å². The lowest BCUT2D eigenvalue weighted by molar-refractivity contribution is 0.0111. The summed E-state index contributed by atoms with van der Waals surface area (Å²) in [7, 11) is 0. The van der Waals surface area contributed by atoms with E-state index in [0.29, 0.717) is 12.1 Å². The predicted octanol–water partition coefficient (Wildman–Crippen LogP) is 0.856. The van der Waals surface area contributed by atoms with Crippen LogP contribution < -0.4 is 0 Å². The lowest BCUT2D eigenvalue weighted by Gasteiger charge is -2.28. The molecule has 5 nitrogen and oxygen atoms in total. The third kappa shape index (κ3) is 2.57. The highest BCUT2D eigenvalue weighted by Gasteiger charge is 2.34. The largest absolute Gasteiger partial charge is 0.379 e. The van der Waals surface area contributed by atoms with Crippen molar-refractivity contribution >= 4 is 5.91 Å². The molecule has 2 heterocycles. The Hall–Kier alpha value is -1.43. The lowest BCUT2D eigenvalue weighted by atomic mass is 10.1. The fourth-order valence-corrected chi connectivity index (χ4v) is 2.86. The summed E-state index contributed by atoms with van der Waals surface area (Å²) in [4.78, 5) is 16.1. The van der Waals surface area contributed by atoms with E-state index in [1.807, 2.05) is 18.2 Å². The van der Waals surface area contributed by atoms with Crippen LogP contribution in [0.3, 0.4) is 0 Å². The lowest BCUT2D eigenvalue weighted by Crippen LogP contribution is -2.38. The van der Waals surface area contributed by atoms with Crippen LogP contribution in [0.2, 0.25) is 0 Å². The quantitative estimate of drug-likeness (QED) is 0.886. The molecule has 5 heteroatoms. The summed E-state index contributed by atoms with van der Waals surface area (Å²) in [6, 6.07) is 7.29. The zero-order valence-corrected chi connectivity index (χ0v) is 11.5. The van der Waals surface area contributed by atoms with E-state index in [0.717, 1.165) is 44.8 Å². The average molecular weight is 276 g/mol. The molecule has 0 saturated carbocycles. The van der Waals surface area contributed by atoms with Gasteiger partial charge in [-0.2, -0.15) is 0 Å². The van der Waals surface area contributed by atoms with Crippen molar-refractivity contribution in [2.24, 2.45) is 0 Å². The summed E-state index contributed by atoms with van der Waals surface area (Å²) in [6.45, 7) is 5.02. The Morgan fingerprint density at radius 1 is 1.20 bits per heavy atom. The SMILES string of the molecule is O=C1c2ccccc2C(O)N1CCCN1CCOCC1. The number of aliphatic hydroxyl groups is 1. The fraction of sp³-hybridized carbons (Fsp3) is 0.533. The Morgan fingerprint density at radius 3 is 2.70 bits per heavy atom. The Balaban J connectivity index is 1.55. The van der Waals surface area contributed by atoms with Gasteiger partial charge in [0.25, 0.3) is 5.91 Å². The van der Waals surface area contributed by atoms with E-state index in [4.69, 9.17) is 4.74 Å². The molecule has 2 aliphatic heterocycles. The fourth-order valence-electron chi connectivity index (χ4n) is 2.86. The number of carbonyl (C=O) groups is 1. The molecule has 2 aliphatic rings. The van der Waals surface area contributed by atoms with Crippen LogP contribution in [0.4, 0.5) is 0 Å². The Kier molecular flexibility index (Phi) is 4.00. The van der Waals surface area contributed by atoms with Gasteiger partial charge >= 0.3 is 0 Å². The number of aliphatic hydroxyl groups excluding tert-OH is 1. The second-order valence-corrected chi connectivity index (χ2v) is 5.27. The first-order chi connectivity index (χ1) is 9.77. The number of hydrogen-bond donors (Lipinski definition) is 1. The van der Waals surface area contributed by atoms with Crippen LogP contribution >= 0.6 is 0 Å². The van der Waals surface area contributed by atoms with E-state index in [1.54, 1.807) is 11.0 Å². The highest BCUT2D eigenvalue weighted by atomic mass is 16.5. The van der Waals surface area contributed by atoms with Gasteiger partial charge in [-0.25, -0.2) is 0 Å². The first kappa shape index (κ1) is 13.5. The number of morpholine rings is 1. The Labute approximate surface area is 118 Å². The number of rotatable bonds is 4. The van der Waals surface area contributed by atoms with Gasteiger partial charge < -0.3 is 14.7 Å². The minimum atomic E-state index is -0.789. The summed E-state index contributed by atoms with van der Waals surface area (Å²) in [6.07, 6.45) is 0.0833. The molecule has 1 amide bonds. The number of benzene rings is 1. The minimum absolute atomic E-state index is 0.0601. The molecule has 1 aromatic rings. The Morgan fingerprint density at radius 2 is 1.95 bits per heavy atom. The molecule has 0 radical (unpaired) electrons. The number of ether oxygens (including phenoxy) is 1. The number of fused-ring (bicyclic) bond motifs is 1. The van der Waals surface area contributed by atoms with Gasteiger partial charge in [-0.1, -0.05) is 18.2 Å². The molecule has 1 fully saturated rings. The van der Waals surface area contributed by atoms with E-state index in [9.17, 15) is 9.90 Å². The maximum Gasteiger partial charge on any atom is 0.256 e. The van der Waals surface area contributed by atoms with Crippen LogP contribution in [0.5, 0.6) is 0 Å². The molecular weight excluding hydrogens is 256 g/mol. The van der Waals surface area contributed by atoms with Gasteiger partial charge in [0, 0.05) is 37.3 Å². The zero-order valence-electron chi connectivity index (χ0n) is 11.5. The molecule has 1 unspecified atom stereocenters. The maximum absolute atomic E-state index is 12.2. The normalized spacial score (nSPS) is 23.1. The molecule has 0 aliphatic carbocycles. The van der Waals surface area contributed by atoms with Gasteiger partial charge in [0.05, 0.1) is 13.2 Å². The van der Waals surface area contributed by atoms with Gasteiger partial charge in [-0.3, -0.25) is 9.69 Å². The van der Waals surface area contributed by atoms with Crippen molar-refractivity contribution in [3.8, 4) is 0 Å². The summed E-state index contributed by atoms with van der Waals surface area (Å²) in [5, 5.41) is 10.2. The molecule has 0 bridgehead atoms.